The van der Waals surface area contributed by atoms with E-state index in [1.165, 1.54) is 38.3 Å². The molecule has 3 aromatic heterocycles. The standard InChI is InChI=1S/C56H61FN6O11S2/c1-8-56(70)38-20-42-48-36(25-63(42)52(67)37(38)26-72-53(56)68)47-40(14-13-33-30(5)39(57)21-41(59-48)46(33)47)60-54(69)73-27-55(6,7)76-75-29(4)23-58-51(66)49-45(32-11-9-31(10-12-32)24-62-15-17-71-18-16-62)50(74-61-49)35-19-34(28(2)3)43(64)22-44(35)65/h9-12,19-22,28-29,40,64-65,70H,8,13-18,23-27H2,1-7H3,(H,58,66)(H,60,69)/t29?,40-,56-/m0/s1. The number of cyclic esters (lactones) is 1. The van der Waals surface area contributed by atoms with Gasteiger partial charge in [0.15, 0.2) is 17.1 Å². The molecule has 20 heteroatoms. The van der Waals surface area contributed by atoms with Crippen LogP contribution in [0.4, 0.5) is 9.18 Å². The Bertz CT molecular complexity index is 3370. The molecule has 6 heterocycles. The molecular weight excluding hydrogens is 1020 g/mol. The van der Waals surface area contributed by atoms with Gasteiger partial charge in [0.25, 0.3) is 11.5 Å². The molecule has 76 heavy (non-hydrogen) atoms. The molecule has 0 radical (unpaired) electrons. The average molecular weight is 1080 g/mol. The number of ether oxygens (including phenoxy) is 3. The van der Waals surface area contributed by atoms with Gasteiger partial charge in [-0.3, -0.25) is 14.5 Å². The summed E-state index contributed by atoms with van der Waals surface area (Å²) in [6.45, 7) is 16.9. The lowest BCUT2D eigenvalue weighted by Crippen LogP contribution is -2.44. The normalized spacial score (nSPS) is 18.5. The van der Waals surface area contributed by atoms with E-state index in [-0.39, 0.29) is 78.0 Å². The van der Waals surface area contributed by atoms with Gasteiger partial charge in [-0.1, -0.05) is 78.7 Å². The van der Waals surface area contributed by atoms with Gasteiger partial charge in [0, 0.05) is 60.1 Å². The molecule has 3 atom stereocenters. The Hall–Kier alpha value is -6.45. The second kappa shape index (κ2) is 20.8. The smallest absolute Gasteiger partial charge is 0.407 e. The van der Waals surface area contributed by atoms with Gasteiger partial charge in [-0.25, -0.2) is 19.0 Å². The number of aromatic nitrogens is 3. The molecule has 1 unspecified atom stereocenters. The number of benzene rings is 3. The van der Waals surface area contributed by atoms with Gasteiger partial charge in [0.1, 0.15) is 30.5 Å². The third kappa shape index (κ3) is 9.82. The number of aromatic hydroxyl groups is 2. The molecule has 3 aliphatic heterocycles. The summed E-state index contributed by atoms with van der Waals surface area (Å²) in [7, 11) is 3.01. The SMILES string of the molecule is CC[C@@]1(O)C(=O)OCc2c1cc1n(c2=O)Cc2c-1nc1cc(F)c(C)c3c1c2[C@@H](NC(=O)OCC(C)(C)SSC(C)CNC(=O)c1noc(-c2cc(C(C)C)c(O)cc2O)c1-c1ccc(CN2CCOCC2)cc1)CC3. The van der Waals surface area contributed by atoms with Crippen LogP contribution in [0.1, 0.15) is 121 Å². The van der Waals surface area contributed by atoms with Gasteiger partial charge in [-0.15, -0.1) is 0 Å². The number of nitrogens with one attached hydrogen (secondary N) is 2. The highest BCUT2D eigenvalue weighted by atomic mass is 33.1. The molecule has 1 saturated heterocycles. The van der Waals surface area contributed by atoms with Gasteiger partial charge in [-0.05, 0) is 91.5 Å². The van der Waals surface area contributed by atoms with E-state index in [1.807, 2.05) is 58.9 Å². The fourth-order valence-electron chi connectivity index (χ4n) is 10.6. The van der Waals surface area contributed by atoms with E-state index in [4.69, 9.17) is 23.7 Å². The number of alkyl carbamates (subject to hydrolysis) is 1. The average Bonchev–Trinajstić information content (AvgIpc) is 4.03. The highest BCUT2D eigenvalue weighted by Gasteiger charge is 2.46. The maximum atomic E-state index is 15.5. The van der Waals surface area contributed by atoms with E-state index in [0.717, 1.165) is 30.8 Å². The predicted octanol–water partition coefficient (Wildman–Crippen LogP) is 8.91. The van der Waals surface area contributed by atoms with Crippen molar-refractivity contribution in [3.63, 3.8) is 0 Å². The first-order valence-corrected chi connectivity index (χ1v) is 27.8. The third-order valence-corrected chi connectivity index (χ3v) is 18.7. The Kier molecular flexibility index (Phi) is 14.5. The number of rotatable bonds is 15. The van der Waals surface area contributed by atoms with Gasteiger partial charge in [0.2, 0.25) is 0 Å². The predicted molar refractivity (Wildman–Crippen MR) is 287 cm³/mol. The summed E-state index contributed by atoms with van der Waals surface area (Å²) in [6, 6.07) is 13.1. The molecule has 1 fully saturated rings. The molecule has 1 aliphatic carbocycles. The number of carbonyl (C=O) groups is 3. The Balaban J connectivity index is 0.813. The van der Waals surface area contributed by atoms with E-state index >= 15 is 4.39 Å². The molecule has 10 rings (SSSR count). The van der Waals surface area contributed by atoms with Gasteiger partial charge in [0.05, 0.1) is 64.1 Å². The van der Waals surface area contributed by atoms with Crippen LogP contribution in [-0.4, -0.2) is 102 Å². The van der Waals surface area contributed by atoms with Crippen molar-refractivity contribution in [3.05, 3.63) is 115 Å². The molecular formula is C56H61FN6O11S2. The second-order valence-corrected chi connectivity index (χ2v) is 24.3. The number of hydrogen-bond donors (Lipinski definition) is 5. The van der Waals surface area contributed by atoms with Crippen LogP contribution in [0.25, 0.3) is 44.7 Å². The number of halogens is 1. The van der Waals surface area contributed by atoms with E-state index in [1.54, 1.807) is 26.0 Å². The Morgan fingerprint density at radius 3 is 2.50 bits per heavy atom. The molecule has 2 amide bonds. The van der Waals surface area contributed by atoms with Crippen LogP contribution in [0.3, 0.4) is 0 Å². The summed E-state index contributed by atoms with van der Waals surface area (Å²) < 4.78 is 39.0. The summed E-state index contributed by atoms with van der Waals surface area (Å²) in [5.74, 6) is -1.90. The van der Waals surface area contributed by atoms with Crippen molar-refractivity contribution in [2.45, 2.75) is 115 Å². The van der Waals surface area contributed by atoms with E-state index in [2.05, 4.69) is 20.7 Å². The molecule has 0 bridgehead atoms. The Morgan fingerprint density at radius 1 is 1.03 bits per heavy atom. The topological polar surface area (TPSA) is 228 Å². The van der Waals surface area contributed by atoms with Crippen LogP contribution in [0.2, 0.25) is 0 Å². The molecule has 0 saturated carbocycles. The van der Waals surface area contributed by atoms with Crippen molar-refractivity contribution in [2.24, 2.45) is 0 Å². The van der Waals surface area contributed by atoms with Crippen molar-refractivity contribution >= 4 is 50.5 Å². The molecule has 17 nitrogen and oxygen atoms in total. The number of nitrogens with zero attached hydrogens (tertiary/aromatic N) is 4. The van der Waals surface area contributed by atoms with Crippen LogP contribution >= 0.6 is 21.6 Å². The van der Waals surface area contributed by atoms with Gasteiger partial charge >= 0.3 is 12.1 Å². The van der Waals surface area contributed by atoms with Crippen molar-refractivity contribution in [2.75, 3.05) is 39.5 Å². The maximum absolute atomic E-state index is 15.5. The summed E-state index contributed by atoms with van der Waals surface area (Å²) in [6.07, 6.45) is 0.201. The largest absolute Gasteiger partial charge is 0.508 e. The molecule has 0 spiro atoms. The number of carbonyl (C=O) groups excluding carboxylic acids is 3. The highest BCUT2D eigenvalue weighted by Crippen LogP contribution is 2.47. The lowest BCUT2D eigenvalue weighted by Gasteiger charge is -2.31. The van der Waals surface area contributed by atoms with Crippen molar-refractivity contribution in [3.8, 4) is 45.3 Å². The minimum atomic E-state index is -2.02. The van der Waals surface area contributed by atoms with E-state index < -0.39 is 45.7 Å². The summed E-state index contributed by atoms with van der Waals surface area (Å²) >= 11 is 0. The van der Waals surface area contributed by atoms with E-state index in [0.29, 0.717) is 87.3 Å². The highest BCUT2D eigenvalue weighted by molar-refractivity contribution is 8.77. The second-order valence-electron chi connectivity index (χ2n) is 21.0. The number of amides is 2. The number of fused-ring (bicyclic) bond motifs is 5. The fraction of sp³-hybridized carbons (Fsp3) is 0.429. The number of pyridine rings is 2. The number of aliphatic hydroxyl groups is 1. The first kappa shape index (κ1) is 53.0. The van der Waals surface area contributed by atoms with Crippen LogP contribution in [0.15, 0.2) is 57.8 Å². The Labute approximate surface area is 446 Å². The first-order valence-electron chi connectivity index (χ1n) is 25.6. The van der Waals surface area contributed by atoms with Crippen LogP contribution < -0.4 is 16.2 Å². The van der Waals surface area contributed by atoms with Crippen molar-refractivity contribution in [1.82, 2.24) is 30.2 Å². The molecule has 4 aliphatic rings. The van der Waals surface area contributed by atoms with Crippen LogP contribution in [0.5, 0.6) is 11.5 Å². The molecule has 6 aromatic rings. The summed E-state index contributed by atoms with van der Waals surface area (Å²) in [4.78, 5) is 62.0. The molecule has 400 valence electrons. The summed E-state index contributed by atoms with van der Waals surface area (Å²) in [5.41, 5.74) is 4.76. The number of phenolic OH excluding ortho intramolecular Hbond substituents is 2. The third-order valence-electron chi connectivity index (χ3n) is 14.9. The maximum Gasteiger partial charge on any atom is 0.407 e. The summed E-state index contributed by atoms with van der Waals surface area (Å²) in [5, 5.41) is 44.1. The Morgan fingerprint density at radius 2 is 1.78 bits per heavy atom. The fourth-order valence-corrected chi connectivity index (χ4v) is 12.9. The van der Waals surface area contributed by atoms with Gasteiger partial charge in [-0.2, -0.15) is 0 Å². The van der Waals surface area contributed by atoms with Crippen LogP contribution in [-0.2, 0) is 50.7 Å². The minimum Gasteiger partial charge on any atom is -0.508 e. The molecule has 3 aromatic carbocycles. The lowest BCUT2D eigenvalue weighted by atomic mass is 9.81. The number of aryl methyl sites for hydroxylation is 1. The lowest BCUT2D eigenvalue weighted by molar-refractivity contribution is -0.172. The zero-order valence-electron chi connectivity index (χ0n) is 43.4. The van der Waals surface area contributed by atoms with Crippen LogP contribution in [0, 0.1) is 12.7 Å². The van der Waals surface area contributed by atoms with Crippen molar-refractivity contribution < 1.29 is 52.8 Å². The quantitative estimate of drug-likeness (QED) is 0.0477. The van der Waals surface area contributed by atoms with Crippen molar-refractivity contribution in [1.29, 1.82) is 0 Å². The zero-order chi connectivity index (χ0) is 54.0. The zero-order valence-corrected chi connectivity index (χ0v) is 45.1. The monoisotopic (exact) mass is 1080 g/mol. The molecule has 5 N–H and O–H groups in total. The number of hydrogen-bond acceptors (Lipinski definition) is 16. The van der Waals surface area contributed by atoms with Gasteiger partial charge < -0.3 is 49.3 Å². The minimum absolute atomic E-state index is 0.0185. The first-order chi connectivity index (χ1) is 36.3. The number of esters is 1. The number of phenols is 2. The van der Waals surface area contributed by atoms with E-state index in [9.17, 15) is 34.5 Å². The number of morpholine rings is 1.